The number of nitrogens with one attached hydrogen (secondary N) is 1. The van der Waals surface area contributed by atoms with Crippen molar-refractivity contribution in [1.29, 1.82) is 0 Å². The monoisotopic (exact) mass is 308 g/mol. The summed E-state index contributed by atoms with van der Waals surface area (Å²) in [6, 6.07) is 5.91. The number of imidazole rings is 1. The number of aromatic nitrogens is 2. The summed E-state index contributed by atoms with van der Waals surface area (Å²) in [5.41, 5.74) is 2.94. The van der Waals surface area contributed by atoms with Gasteiger partial charge in [0.05, 0.1) is 11.0 Å². The normalized spacial score (nSPS) is 16.0. The highest BCUT2D eigenvalue weighted by molar-refractivity contribution is 7.87. The smallest absolute Gasteiger partial charge is 0.279 e. The molecule has 1 N–H and O–H groups in total. The number of hydrogen-bond acceptors (Lipinski definition) is 3. The summed E-state index contributed by atoms with van der Waals surface area (Å²) in [5, 5.41) is 0. The lowest BCUT2D eigenvalue weighted by Gasteiger charge is -2.12. The Labute approximate surface area is 125 Å². The molecule has 2 aromatic rings. The molecular weight excluding hydrogens is 288 g/mol. The first-order chi connectivity index (χ1) is 9.88. The molecular formula is C14H20N4O2S. The molecule has 0 radical (unpaired) electrons. The number of rotatable bonds is 5. The Hall–Kier alpha value is -1.44. The Morgan fingerprint density at radius 2 is 2.10 bits per heavy atom. The van der Waals surface area contributed by atoms with E-state index in [1.54, 1.807) is 0 Å². The Balaban J connectivity index is 1.84. The molecule has 0 saturated heterocycles. The second-order valence-electron chi connectivity index (χ2n) is 5.73. The van der Waals surface area contributed by atoms with Crippen LogP contribution in [0.2, 0.25) is 0 Å². The second-order valence-corrected chi connectivity index (χ2v) is 7.70. The van der Waals surface area contributed by atoms with E-state index < -0.39 is 10.2 Å². The lowest BCUT2D eigenvalue weighted by Crippen LogP contribution is -2.35. The fourth-order valence-electron chi connectivity index (χ4n) is 2.38. The maximum atomic E-state index is 11.7. The van der Waals surface area contributed by atoms with Crippen molar-refractivity contribution in [2.75, 3.05) is 14.1 Å². The summed E-state index contributed by atoms with van der Waals surface area (Å²) in [5.74, 6) is 1.73. The Kier molecular flexibility index (Phi) is 3.51. The van der Waals surface area contributed by atoms with Gasteiger partial charge >= 0.3 is 0 Å². The molecule has 1 aliphatic carbocycles. The van der Waals surface area contributed by atoms with Gasteiger partial charge in [-0.2, -0.15) is 17.4 Å². The highest BCUT2D eigenvalue weighted by Crippen LogP contribution is 2.40. The first kappa shape index (κ1) is 14.5. The van der Waals surface area contributed by atoms with E-state index in [2.05, 4.69) is 14.3 Å². The number of hydrogen-bond donors (Lipinski definition) is 1. The molecule has 0 atom stereocenters. The third kappa shape index (κ3) is 2.81. The molecule has 7 heteroatoms. The van der Waals surface area contributed by atoms with Crippen LogP contribution in [0.3, 0.4) is 0 Å². The first-order valence-electron chi connectivity index (χ1n) is 7.01. The quantitative estimate of drug-likeness (QED) is 0.906. The Morgan fingerprint density at radius 1 is 1.38 bits per heavy atom. The van der Waals surface area contributed by atoms with Gasteiger partial charge in [-0.1, -0.05) is 6.07 Å². The van der Waals surface area contributed by atoms with E-state index in [4.69, 9.17) is 0 Å². The molecule has 114 valence electrons. The topological polar surface area (TPSA) is 67.2 Å². The zero-order chi connectivity index (χ0) is 15.2. The molecule has 1 aliphatic rings. The Bertz CT molecular complexity index is 776. The third-order valence-corrected chi connectivity index (χ3v) is 5.33. The van der Waals surface area contributed by atoms with Crippen LogP contribution in [0.4, 0.5) is 0 Å². The van der Waals surface area contributed by atoms with Crippen LogP contribution in [0, 0.1) is 0 Å². The summed E-state index contributed by atoms with van der Waals surface area (Å²) in [6.07, 6.45) is 2.43. The van der Waals surface area contributed by atoms with Gasteiger partial charge in [0.15, 0.2) is 0 Å². The molecule has 1 fully saturated rings. The summed E-state index contributed by atoms with van der Waals surface area (Å²) in [6.45, 7) is 0.270. The van der Waals surface area contributed by atoms with E-state index in [-0.39, 0.29) is 6.54 Å². The van der Waals surface area contributed by atoms with E-state index >= 15 is 0 Å². The zero-order valence-electron chi connectivity index (χ0n) is 12.5. The average Bonchev–Trinajstić information content (AvgIpc) is 3.22. The van der Waals surface area contributed by atoms with Crippen LogP contribution in [-0.4, -0.2) is 36.4 Å². The molecule has 1 saturated carbocycles. The van der Waals surface area contributed by atoms with Crippen molar-refractivity contribution in [3.63, 3.8) is 0 Å². The van der Waals surface area contributed by atoms with Crippen molar-refractivity contribution in [2.24, 2.45) is 7.05 Å². The van der Waals surface area contributed by atoms with Crippen molar-refractivity contribution in [1.82, 2.24) is 18.6 Å². The summed E-state index contributed by atoms with van der Waals surface area (Å²) >= 11 is 0. The van der Waals surface area contributed by atoms with Crippen LogP contribution in [0.25, 0.3) is 11.0 Å². The van der Waals surface area contributed by atoms with Gasteiger partial charge in [0, 0.05) is 33.6 Å². The number of benzene rings is 1. The maximum Gasteiger partial charge on any atom is 0.279 e. The van der Waals surface area contributed by atoms with Crippen molar-refractivity contribution in [2.45, 2.75) is 25.3 Å². The van der Waals surface area contributed by atoms with Gasteiger partial charge < -0.3 is 4.57 Å². The molecule has 6 nitrogen and oxygen atoms in total. The lowest BCUT2D eigenvalue weighted by atomic mass is 10.2. The van der Waals surface area contributed by atoms with Crippen molar-refractivity contribution >= 4 is 21.2 Å². The van der Waals surface area contributed by atoms with Gasteiger partial charge in [0.2, 0.25) is 0 Å². The highest BCUT2D eigenvalue weighted by Gasteiger charge is 2.28. The molecule has 0 bridgehead atoms. The molecule has 1 heterocycles. The van der Waals surface area contributed by atoms with E-state index in [0.29, 0.717) is 5.92 Å². The number of aryl methyl sites for hydroxylation is 1. The fourth-order valence-corrected chi connectivity index (χ4v) is 2.99. The fraction of sp³-hybridized carbons (Fsp3) is 0.500. The predicted octanol–water partition coefficient (Wildman–Crippen LogP) is 1.35. The molecule has 3 rings (SSSR count). The first-order valence-corrected chi connectivity index (χ1v) is 8.45. The lowest BCUT2D eigenvalue weighted by molar-refractivity contribution is 0.505. The number of fused-ring (bicyclic) bond motifs is 1. The minimum atomic E-state index is -3.40. The van der Waals surface area contributed by atoms with Crippen LogP contribution >= 0.6 is 0 Å². The van der Waals surface area contributed by atoms with Crippen LogP contribution in [0.15, 0.2) is 18.2 Å². The van der Waals surface area contributed by atoms with Crippen LogP contribution in [-0.2, 0) is 23.8 Å². The van der Waals surface area contributed by atoms with Crippen molar-refractivity contribution < 1.29 is 8.42 Å². The summed E-state index contributed by atoms with van der Waals surface area (Å²) in [7, 11) is 1.65. The van der Waals surface area contributed by atoms with Crippen molar-refractivity contribution in [3.05, 3.63) is 29.6 Å². The van der Waals surface area contributed by atoms with Gasteiger partial charge in [0.25, 0.3) is 10.2 Å². The van der Waals surface area contributed by atoms with Gasteiger partial charge in [-0.25, -0.2) is 4.98 Å². The van der Waals surface area contributed by atoms with Gasteiger partial charge in [-0.05, 0) is 30.5 Å². The SMILES string of the molecule is CN(C)S(=O)(=O)NCc1ccc2c(c1)nc(C1CC1)n2C. The highest BCUT2D eigenvalue weighted by atomic mass is 32.2. The molecule has 0 aliphatic heterocycles. The van der Waals surface area contributed by atoms with Crippen LogP contribution < -0.4 is 4.72 Å². The van der Waals surface area contributed by atoms with Gasteiger partial charge in [-0.3, -0.25) is 0 Å². The van der Waals surface area contributed by atoms with Crippen LogP contribution in [0.1, 0.15) is 30.1 Å². The average molecular weight is 308 g/mol. The van der Waals surface area contributed by atoms with E-state index in [1.807, 2.05) is 25.2 Å². The van der Waals surface area contributed by atoms with Gasteiger partial charge in [-0.15, -0.1) is 0 Å². The summed E-state index contributed by atoms with van der Waals surface area (Å²) < 4.78 is 29.3. The molecule has 0 unspecified atom stereocenters. The van der Waals surface area contributed by atoms with Crippen LogP contribution in [0.5, 0.6) is 0 Å². The molecule has 0 amide bonds. The second kappa shape index (κ2) is 5.08. The maximum absolute atomic E-state index is 11.7. The molecule has 1 aromatic heterocycles. The predicted molar refractivity (Wildman–Crippen MR) is 82.1 cm³/mol. The standard InChI is InChI=1S/C14H20N4O2S/c1-17(2)21(19,20)15-9-10-4-7-13-12(8-10)16-14(18(13)3)11-5-6-11/h4,7-8,11,15H,5-6,9H2,1-3H3. The molecule has 21 heavy (non-hydrogen) atoms. The van der Waals surface area contributed by atoms with Crippen molar-refractivity contribution in [3.8, 4) is 0 Å². The Morgan fingerprint density at radius 3 is 2.71 bits per heavy atom. The minimum Gasteiger partial charge on any atom is -0.331 e. The molecule has 0 spiro atoms. The summed E-state index contributed by atoms with van der Waals surface area (Å²) in [4.78, 5) is 4.69. The number of nitrogens with zero attached hydrogens (tertiary/aromatic N) is 3. The van der Waals surface area contributed by atoms with E-state index in [9.17, 15) is 8.42 Å². The van der Waals surface area contributed by atoms with E-state index in [1.165, 1.54) is 26.9 Å². The zero-order valence-corrected chi connectivity index (χ0v) is 13.3. The van der Waals surface area contributed by atoms with Gasteiger partial charge in [0.1, 0.15) is 5.82 Å². The minimum absolute atomic E-state index is 0.270. The largest absolute Gasteiger partial charge is 0.331 e. The third-order valence-electron chi connectivity index (χ3n) is 3.86. The van der Waals surface area contributed by atoms with E-state index in [0.717, 1.165) is 26.7 Å². The molecule has 1 aromatic carbocycles.